The van der Waals surface area contributed by atoms with Crippen LogP contribution in [0.3, 0.4) is 0 Å². The molecular formula is C15H23NO5. The van der Waals surface area contributed by atoms with Crippen LogP contribution in [0.2, 0.25) is 0 Å². The summed E-state index contributed by atoms with van der Waals surface area (Å²) >= 11 is 0. The summed E-state index contributed by atoms with van der Waals surface area (Å²) in [7, 11) is 2.08. The van der Waals surface area contributed by atoms with Gasteiger partial charge >= 0.3 is 11.9 Å². The Balaban J connectivity index is 0.000000433. The van der Waals surface area contributed by atoms with Gasteiger partial charge in [-0.15, -0.1) is 0 Å². The molecule has 0 aromatic carbocycles. The number of nitrogens with zero attached hydrogens (tertiary/aromatic N) is 1. The van der Waals surface area contributed by atoms with Gasteiger partial charge in [-0.2, -0.15) is 0 Å². The number of Topliss-reactive ketones (excluding diaryl/α,β-unsaturated/α-hetero) is 1. The van der Waals surface area contributed by atoms with Gasteiger partial charge in [-0.05, 0) is 19.0 Å². The Morgan fingerprint density at radius 3 is 1.90 bits per heavy atom. The normalized spacial score (nSPS) is 15.9. The Kier molecular flexibility index (Phi) is 7.59. The molecule has 0 saturated heterocycles. The van der Waals surface area contributed by atoms with Crippen LogP contribution in [0.25, 0.3) is 0 Å². The molecular weight excluding hydrogens is 274 g/mol. The average molecular weight is 297 g/mol. The topological polar surface area (TPSA) is 94.9 Å². The van der Waals surface area contributed by atoms with Crippen LogP contribution in [0.4, 0.5) is 0 Å². The third kappa shape index (κ3) is 8.75. The second kappa shape index (κ2) is 8.36. The highest BCUT2D eigenvalue weighted by Crippen LogP contribution is 2.23. The maximum absolute atomic E-state index is 11.8. The van der Waals surface area contributed by atoms with Gasteiger partial charge in [0.1, 0.15) is 0 Å². The molecule has 0 aromatic heterocycles. The number of carbonyl (C=O) groups excluding carboxylic acids is 1. The molecule has 0 bridgehead atoms. The maximum atomic E-state index is 11.8. The highest BCUT2D eigenvalue weighted by Gasteiger charge is 2.25. The number of hydrogen-bond donors (Lipinski definition) is 2. The van der Waals surface area contributed by atoms with Crippen LogP contribution < -0.4 is 0 Å². The second-order valence-electron chi connectivity index (χ2n) is 5.83. The van der Waals surface area contributed by atoms with Crippen LogP contribution in [0.5, 0.6) is 0 Å². The van der Waals surface area contributed by atoms with E-state index >= 15 is 0 Å². The third-order valence-electron chi connectivity index (χ3n) is 2.75. The SMILES string of the molecule is CN1CC=C(C(=O)C(C)(C)C)CC1.O=C(O)C=CC(=O)O. The van der Waals surface area contributed by atoms with E-state index < -0.39 is 11.9 Å². The highest BCUT2D eigenvalue weighted by molar-refractivity contribution is 5.99. The second-order valence-corrected chi connectivity index (χ2v) is 5.83. The minimum atomic E-state index is -1.26. The first-order chi connectivity index (χ1) is 9.54. The van der Waals surface area contributed by atoms with Gasteiger partial charge in [0.2, 0.25) is 0 Å². The lowest BCUT2D eigenvalue weighted by atomic mass is 9.84. The van der Waals surface area contributed by atoms with Gasteiger partial charge in [0.15, 0.2) is 5.78 Å². The summed E-state index contributed by atoms with van der Waals surface area (Å²) in [5.74, 6) is -2.21. The molecule has 0 fully saturated rings. The van der Waals surface area contributed by atoms with E-state index in [-0.39, 0.29) is 5.41 Å². The summed E-state index contributed by atoms with van der Waals surface area (Å²) < 4.78 is 0. The molecule has 0 unspecified atom stereocenters. The molecule has 0 aliphatic carbocycles. The first kappa shape index (κ1) is 19.1. The highest BCUT2D eigenvalue weighted by atomic mass is 16.4. The van der Waals surface area contributed by atoms with Gasteiger partial charge in [0, 0.05) is 30.7 Å². The number of carbonyl (C=O) groups is 3. The minimum Gasteiger partial charge on any atom is -0.478 e. The fourth-order valence-corrected chi connectivity index (χ4v) is 1.60. The smallest absolute Gasteiger partial charge is 0.328 e. The molecule has 118 valence electrons. The number of carboxylic acids is 2. The van der Waals surface area contributed by atoms with Crippen molar-refractivity contribution in [1.29, 1.82) is 0 Å². The standard InChI is InChI=1S/C11H19NO.C4H4O4/c1-11(2,3)10(13)9-5-7-12(4)8-6-9;5-3(6)1-2-4(7)8/h5H,6-8H2,1-4H3;1-2H,(H,5,6)(H,7,8). The number of ketones is 1. The van der Waals surface area contributed by atoms with E-state index in [1.165, 1.54) is 0 Å². The monoisotopic (exact) mass is 297 g/mol. The average Bonchev–Trinajstić information content (AvgIpc) is 2.36. The maximum Gasteiger partial charge on any atom is 0.328 e. The van der Waals surface area contributed by atoms with Crippen molar-refractivity contribution in [2.24, 2.45) is 5.41 Å². The minimum absolute atomic E-state index is 0.220. The molecule has 2 N–H and O–H groups in total. The third-order valence-corrected chi connectivity index (χ3v) is 2.75. The van der Waals surface area contributed by atoms with Crippen molar-refractivity contribution in [3.05, 3.63) is 23.8 Å². The molecule has 21 heavy (non-hydrogen) atoms. The summed E-state index contributed by atoms with van der Waals surface area (Å²) in [4.78, 5) is 33.2. The van der Waals surface area contributed by atoms with E-state index in [9.17, 15) is 14.4 Å². The predicted octanol–water partition coefficient (Wildman–Crippen LogP) is 1.58. The Hall–Kier alpha value is -1.95. The fourth-order valence-electron chi connectivity index (χ4n) is 1.60. The van der Waals surface area contributed by atoms with Crippen LogP contribution in [0.15, 0.2) is 23.8 Å². The Labute approximate surface area is 124 Å². The van der Waals surface area contributed by atoms with Crippen molar-refractivity contribution in [2.75, 3.05) is 20.1 Å². The van der Waals surface area contributed by atoms with Crippen molar-refractivity contribution in [1.82, 2.24) is 4.90 Å². The summed E-state index contributed by atoms with van der Waals surface area (Å²) in [5, 5.41) is 15.6. The van der Waals surface area contributed by atoms with Crippen LogP contribution in [0, 0.1) is 5.41 Å². The van der Waals surface area contributed by atoms with Crippen molar-refractivity contribution in [2.45, 2.75) is 27.2 Å². The molecule has 1 rings (SSSR count). The molecule has 6 nitrogen and oxygen atoms in total. The number of aliphatic carboxylic acids is 2. The summed E-state index contributed by atoms with van der Waals surface area (Å²) in [5.41, 5.74) is 0.799. The quantitative estimate of drug-likeness (QED) is 0.768. The summed E-state index contributed by atoms with van der Waals surface area (Å²) in [6.45, 7) is 7.86. The largest absolute Gasteiger partial charge is 0.478 e. The zero-order chi connectivity index (χ0) is 16.6. The lowest BCUT2D eigenvalue weighted by molar-refractivity contribution is -0.134. The van der Waals surface area contributed by atoms with E-state index in [2.05, 4.69) is 18.0 Å². The first-order valence-corrected chi connectivity index (χ1v) is 6.60. The van der Waals surface area contributed by atoms with Gasteiger partial charge in [0.25, 0.3) is 0 Å². The van der Waals surface area contributed by atoms with Gasteiger partial charge < -0.3 is 15.1 Å². The number of rotatable bonds is 3. The first-order valence-electron chi connectivity index (χ1n) is 6.60. The number of likely N-dealkylation sites (N-methyl/N-ethyl adjacent to an activating group) is 1. The molecule has 1 aliphatic rings. The van der Waals surface area contributed by atoms with E-state index in [0.29, 0.717) is 17.9 Å². The molecule has 6 heteroatoms. The van der Waals surface area contributed by atoms with E-state index in [1.807, 2.05) is 20.8 Å². The molecule has 0 saturated carbocycles. The summed E-state index contributed by atoms with van der Waals surface area (Å²) in [6, 6.07) is 0. The van der Waals surface area contributed by atoms with E-state index in [1.54, 1.807) is 0 Å². The van der Waals surface area contributed by atoms with Crippen LogP contribution >= 0.6 is 0 Å². The van der Waals surface area contributed by atoms with Gasteiger partial charge in [0.05, 0.1) is 0 Å². The number of carboxylic acid groups (broad SMARTS) is 2. The van der Waals surface area contributed by atoms with E-state index in [4.69, 9.17) is 10.2 Å². The lowest BCUT2D eigenvalue weighted by Crippen LogP contribution is -2.30. The summed E-state index contributed by atoms with van der Waals surface area (Å²) in [6.07, 6.45) is 4.09. The fraction of sp³-hybridized carbons (Fsp3) is 0.533. The molecule has 1 aliphatic heterocycles. The zero-order valence-corrected chi connectivity index (χ0v) is 12.9. The van der Waals surface area contributed by atoms with Crippen LogP contribution in [-0.4, -0.2) is 53.0 Å². The van der Waals surface area contributed by atoms with Gasteiger partial charge in [-0.3, -0.25) is 4.79 Å². The van der Waals surface area contributed by atoms with Crippen LogP contribution in [0.1, 0.15) is 27.2 Å². The predicted molar refractivity (Wildman–Crippen MR) is 79.1 cm³/mol. The van der Waals surface area contributed by atoms with Gasteiger partial charge in [-0.25, -0.2) is 9.59 Å². The Morgan fingerprint density at radius 1 is 1.14 bits per heavy atom. The van der Waals surface area contributed by atoms with Crippen LogP contribution in [-0.2, 0) is 14.4 Å². The van der Waals surface area contributed by atoms with Crippen molar-refractivity contribution in [3.63, 3.8) is 0 Å². The van der Waals surface area contributed by atoms with Crippen molar-refractivity contribution < 1.29 is 24.6 Å². The molecule has 0 amide bonds. The van der Waals surface area contributed by atoms with Crippen molar-refractivity contribution in [3.8, 4) is 0 Å². The van der Waals surface area contributed by atoms with Gasteiger partial charge in [-0.1, -0.05) is 26.8 Å². The molecule has 0 radical (unpaired) electrons. The molecule has 1 heterocycles. The van der Waals surface area contributed by atoms with Crippen molar-refractivity contribution >= 4 is 17.7 Å². The lowest BCUT2D eigenvalue weighted by Gasteiger charge is -2.25. The zero-order valence-electron chi connectivity index (χ0n) is 12.9. The number of hydrogen-bond acceptors (Lipinski definition) is 4. The molecule has 0 atom stereocenters. The molecule has 0 spiro atoms. The Morgan fingerprint density at radius 2 is 1.62 bits per heavy atom. The Bertz CT molecular complexity index is 441. The van der Waals surface area contributed by atoms with E-state index in [0.717, 1.165) is 25.1 Å². The molecule has 0 aromatic rings.